The summed E-state index contributed by atoms with van der Waals surface area (Å²) in [6, 6.07) is 10.8. The van der Waals surface area contributed by atoms with Crippen molar-refractivity contribution in [2.45, 2.75) is 39.7 Å². The van der Waals surface area contributed by atoms with Crippen molar-refractivity contribution in [1.29, 1.82) is 0 Å². The van der Waals surface area contributed by atoms with Crippen LogP contribution in [0.4, 0.5) is 11.4 Å². The Bertz CT molecular complexity index is 1340. The third-order valence-corrected chi connectivity index (χ3v) is 5.98. The molecule has 1 amide bonds. The van der Waals surface area contributed by atoms with E-state index in [2.05, 4.69) is 35.2 Å². The van der Waals surface area contributed by atoms with E-state index in [1.807, 2.05) is 40.0 Å². The van der Waals surface area contributed by atoms with Gasteiger partial charge in [0.2, 0.25) is 6.41 Å². The van der Waals surface area contributed by atoms with Crippen LogP contribution < -0.4 is 33.6 Å². The highest BCUT2D eigenvalue weighted by atomic mass is 16.2. The van der Waals surface area contributed by atoms with Gasteiger partial charge in [0.1, 0.15) is 0 Å². The number of nitrogen functional groups attached to an aromatic ring is 2. The molecule has 1 saturated heterocycles. The van der Waals surface area contributed by atoms with Crippen LogP contribution in [0, 0.1) is 26.7 Å². The predicted molar refractivity (Wildman–Crippen MR) is 162 cm³/mol. The van der Waals surface area contributed by atoms with Gasteiger partial charge in [-0.1, -0.05) is 30.4 Å². The molecule has 3 aromatic rings. The SMILES string of the molecule is C#C.C=C(C)CNC.Cc1cc(C)c(NN)c(N)c1.O=CN1CCC(n2c(=O)[nH]c3ccccc3c2=O)CC1. The molecule has 4 rings (SSSR count). The fourth-order valence-electron chi connectivity index (χ4n) is 4.26. The second-order valence-corrected chi connectivity index (χ2v) is 9.20. The highest BCUT2D eigenvalue weighted by Crippen LogP contribution is 2.23. The van der Waals surface area contributed by atoms with Crippen LogP contribution in [-0.4, -0.2) is 47.5 Å². The number of nitrogens with two attached hydrogens (primary N) is 2. The molecular formula is C29H41N7O3. The van der Waals surface area contributed by atoms with Gasteiger partial charge in [0.25, 0.3) is 5.56 Å². The topological polar surface area (TPSA) is 151 Å². The molecule has 0 saturated carbocycles. The van der Waals surface area contributed by atoms with Crippen molar-refractivity contribution in [3.05, 3.63) is 80.5 Å². The number of piperidine rings is 1. The van der Waals surface area contributed by atoms with Crippen LogP contribution in [0.25, 0.3) is 10.9 Å². The average molecular weight is 536 g/mol. The highest BCUT2D eigenvalue weighted by Gasteiger charge is 2.22. The Kier molecular flexibility index (Phi) is 13.8. The molecule has 2 heterocycles. The minimum absolute atomic E-state index is 0.146. The first-order valence-corrected chi connectivity index (χ1v) is 12.5. The quantitative estimate of drug-likeness (QED) is 0.0841. The summed E-state index contributed by atoms with van der Waals surface area (Å²) in [7, 11) is 1.91. The Balaban J connectivity index is 0.000000337. The first-order valence-electron chi connectivity index (χ1n) is 12.5. The maximum atomic E-state index is 12.5. The smallest absolute Gasteiger partial charge is 0.329 e. The first kappa shape index (κ1) is 32.7. The number of likely N-dealkylation sites (tertiary alicyclic amines) is 1. The van der Waals surface area contributed by atoms with Crippen LogP contribution in [0.15, 0.2) is 58.1 Å². The summed E-state index contributed by atoms with van der Waals surface area (Å²) in [5.74, 6) is 5.27. The number of likely N-dealkylation sites (N-methyl/N-ethyl adjacent to an activating group) is 1. The molecular weight excluding hydrogens is 494 g/mol. The molecule has 0 unspecified atom stereocenters. The van der Waals surface area contributed by atoms with Crippen LogP contribution in [-0.2, 0) is 4.79 Å². The summed E-state index contributed by atoms with van der Waals surface area (Å²) < 4.78 is 1.30. The van der Waals surface area contributed by atoms with Gasteiger partial charge in [0.05, 0.1) is 22.3 Å². The van der Waals surface area contributed by atoms with Crippen molar-refractivity contribution in [2.24, 2.45) is 5.84 Å². The lowest BCUT2D eigenvalue weighted by molar-refractivity contribution is -0.119. The number of carbonyl (C=O) groups is 1. The number of hydrazine groups is 1. The number of aryl methyl sites for hydroxylation is 2. The molecule has 210 valence electrons. The number of benzene rings is 2. The zero-order chi connectivity index (χ0) is 29.5. The third kappa shape index (κ3) is 9.48. The summed E-state index contributed by atoms with van der Waals surface area (Å²) in [5, 5.41) is 3.49. The number of anilines is 2. The highest BCUT2D eigenvalue weighted by molar-refractivity contribution is 5.77. The summed E-state index contributed by atoms with van der Waals surface area (Å²) >= 11 is 0. The van der Waals surface area contributed by atoms with Gasteiger partial charge >= 0.3 is 5.69 Å². The predicted octanol–water partition coefficient (Wildman–Crippen LogP) is 2.69. The van der Waals surface area contributed by atoms with Crippen LogP contribution in [0.1, 0.15) is 36.9 Å². The van der Waals surface area contributed by atoms with Gasteiger partial charge in [0, 0.05) is 25.7 Å². The standard InChI is InChI=1S/C14H15N3O3.C8H13N3.C5H11N.C2H2/c18-9-16-7-5-10(6-8-16)17-13(19)11-3-1-2-4-12(11)15-14(17)20;1-5-3-6(2)8(11-10)7(9)4-5;1-5(2)4-6-3;1-2/h1-4,9-10H,5-8H2,(H,15,20);3-4,11H,9-10H2,1-2H3;6H,1,4H2,2-3H3;1-2H. The first-order chi connectivity index (χ1) is 18.6. The van der Waals surface area contributed by atoms with Crippen molar-refractivity contribution >= 4 is 28.7 Å². The van der Waals surface area contributed by atoms with Crippen LogP contribution in [0.2, 0.25) is 0 Å². The molecule has 10 nitrogen and oxygen atoms in total. The zero-order valence-electron chi connectivity index (χ0n) is 23.3. The molecule has 1 aliphatic heterocycles. The molecule has 10 heteroatoms. The van der Waals surface area contributed by atoms with Gasteiger partial charge in [0.15, 0.2) is 0 Å². The Morgan fingerprint density at radius 1 is 1.18 bits per heavy atom. The molecule has 0 bridgehead atoms. The van der Waals surface area contributed by atoms with Crippen LogP contribution in [0.3, 0.4) is 0 Å². The van der Waals surface area contributed by atoms with E-state index in [9.17, 15) is 14.4 Å². The fraction of sp³-hybridized carbons (Fsp3) is 0.345. The zero-order valence-corrected chi connectivity index (χ0v) is 23.3. The number of para-hydroxylation sites is 1. The van der Waals surface area contributed by atoms with E-state index in [1.165, 1.54) is 10.1 Å². The number of aromatic nitrogens is 2. The van der Waals surface area contributed by atoms with E-state index in [4.69, 9.17) is 11.6 Å². The summed E-state index contributed by atoms with van der Waals surface area (Å²) in [5.41, 5.74) is 13.1. The number of aromatic amines is 1. The number of nitrogens with one attached hydrogen (secondary N) is 3. The second kappa shape index (κ2) is 16.5. The third-order valence-electron chi connectivity index (χ3n) is 5.98. The number of rotatable bonds is 5. The minimum Gasteiger partial charge on any atom is -0.397 e. The largest absolute Gasteiger partial charge is 0.397 e. The number of amides is 1. The van der Waals surface area contributed by atoms with Crippen molar-refractivity contribution in [3.8, 4) is 12.8 Å². The number of fused-ring (bicyclic) bond motifs is 1. The van der Waals surface area contributed by atoms with Crippen molar-refractivity contribution in [3.63, 3.8) is 0 Å². The molecule has 0 spiro atoms. The van der Waals surface area contributed by atoms with Gasteiger partial charge in [-0.2, -0.15) is 0 Å². The van der Waals surface area contributed by atoms with Gasteiger partial charge in [-0.3, -0.25) is 20.0 Å². The lowest BCUT2D eigenvalue weighted by Gasteiger charge is -2.29. The van der Waals surface area contributed by atoms with Gasteiger partial charge in [-0.15, -0.1) is 12.8 Å². The summed E-state index contributed by atoms with van der Waals surface area (Å²) in [6.07, 6.45) is 10.1. The summed E-state index contributed by atoms with van der Waals surface area (Å²) in [6.45, 7) is 11.7. The molecule has 1 aliphatic rings. The van der Waals surface area contributed by atoms with Crippen LogP contribution >= 0.6 is 0 Å². The van der Waals surface area contributed by atoms with Crippen molar-refractivity contribution < 1.29 is 4.79 Å². The average Bonchev–Trinajstić information content (AvgIpc) is 2.91. The number of H-pyrrole nitrogens is 1. The van der Waals surface area contributed by atoms with Crippen molar-refractivity contribution in [2.75, 3.05) is 37.8 Å². The van der Waals surface area contributed by atoms with E-state index < -0.39 is 0 Å². The number of carbonyl (C=O) groups excluding carboxylic acids is 1. The fourth-order valence-corrected chi connectivity index (χ4v) is 4.26. The Hall–Kier alpha value is -4.33. The second-order valence-electron chi connectivity index (χ2n) is 9.20. The monoisotopic (exact) mass is 535 g/mol. The Morgan fingerprint density at radius 2 is 1.79 bits per heavy atom. The molecule has 0 radical (unpaired) electrons. The van der Waals surface area contributed by atoms with Crippen LogP contribution in [0.5, 0.6) is 0 Å². The molecule has 1 aromatic heterocycles. The van der Waals surface area contributed by atoms with E-state index in [-0.39, 0.29) is 17.3 Å². The molecule has 0 aliphatic carbocycles. The maximum Gasteiger partial charge on any atom is 0.329 e. The van der Waals surface area contributed by atoms with Crippen molar-refractivity contribution in [1.82, 2.24) is 19.8 Å². The number of terminal acetylenes is 1. The van der Waals surface area contributed by atoms with E-state index in [0.717, 1.165) is 29.8 Å². The summed E-state index contributed by atoms with van der Waals surface area (Å²) in [4.78, 5) is 39.7. The molecule has 2 aromatic carbocycles. The van der Waals surface area contributed by atoms with Gasteiger partial charge in [-0.25, -0.2) is 4.79 Å². The lowest BCUT2D eigenvalue weighted by atomic mass is 10.1. The number of hydrogen-bond acceptors (Lipinski definition) is 7. The normalized spacial score (nSPS) is 12.5. The Labute approximate surface area is 230 Å². The van der Waals surface area contributed by atoms with E-state index in [0.29, 0.717) is 42.5 Å². The lowest BCUT2D eigenvalue weighted by Crippen LogP contribution is -2.43. The molecule has 7 N–H and O–H groups in total. The molecule has 1 fully saturated rings. The number of hydrogen-bond donors (Lipinski definition) is 5. The van der Waals surface area contributed by atoms with Gasteiger partial charge < -0.3 is 26.4 Å². The molecule has 39 heavy (non-hydrogen) atoms. The minimum atomic E-state index is -0.377. The van der Waals surface area contributed by atoms with E-state index in [1.54, 1.807) is 29.2 Å². The number of nitrogens with zero attached hydrogens (tertiary/aromatic N) is 2. The maximum absolute atomic E-state index is 12.5. The molecule has 0 atom stereocenters. The Morgan fingerprint density at radius 3 is 2.28 bits per heavy atom. The van der Waals surface area contributed by atoms with Gasteiger partial charge in [-0.05, 0) is 70.0 Å². The van der Waals surface area contributed by atoms with E-state index >= 15 is 0 Å².